The Bertz CT molecular complexity index is 554. The fourth-order valence-electron chi connectivity index (χ4n) is 4.40. The molecular weight excluding hydrogens is 327 g/mol. The molecule has 2 fully saturated rings. The zero-order chi connectivity index (χ0) is 18.2. The van der Waals surface area contributed by atoms with Gasteiger partial charge < -0.3 is 5.11 Å². The summed E-state index contributed by atoms with van der Waals surface area (Å²) in [5, 5.41) is 9.49. The van der Waals surface area contributed by atoms with Gasteiger partial charge in [0.25, 0.3) is 0 Å². The first kappa shape index (κ1) is 19.5. The van der Waals surface area contributed by atoms with Gasteiger partial charge in [0.05, 0.1) is 0 Å². The Morgan fingerprint density at radius 2 is 1.85 bits per heavy atom. The van der Waals surface area contributed by atoms with E-state index in [0.29, 0.717) is 6.04 Å². The monoisotopic (exact) mass is 360 g/mol. The normalized spacial score (nSPS) is 23.7. The highest BCUT2D eigenvalue weighted by Crippen LogP contribution is 2.26. The zero-order valence-electron chi connectivity index (χ0n) is 15.8. The molecule has 3 rings (SSSR count). The summed E-state index contributed by atoms with van der Waals surface area (Å²) in [6.07, 6.45) is 12.1. The molecular formula is C22H33FN2O. The number of aliphatic hydroxyl groups excluding tert-OH is 1. The Hall–Kier alpha value is -1.23. The minimum absolute atomic E-state index is 0.192. The van der Waals surface area contributed by atoms with Crippen molar-refractivity contribution in [3.8, 4) is 0 Å². The number of benzene rings is 1. The largest absolute Gasteiger partial charge is 0.396 e. The SMILES string of the molecule is OCCC1CN(CC=Cc2ccc(F)cc2)CCN1CC1CCCCC1. The van der Waals surface area contributed by atoms with Gasteiger partial charge in [0, 0.05) is 45.4 Å². The molecule has 0 amide bonds. The number of hydrogen-bond donors (Lipinski definition) is 1. The summed E-state index contributed by atoms with van der Waals surface area (Å²) in [5.74, 6) is 0.665. The molecule has 1 aromatic carbocycles. The second-order valence-electron chi connectivity index (χ2n) is 7.88. The van der Waals surface area contributed by atoms with Gasteiger partial charge in [-0.2, -0.15) is 0 Å². The highest BCUT2D eigenvalue weighted by Gasteiger charge is 2.28. The molecule has 3 nitrogen and oxygen atoms in total. The Labute approximate surface area is 157 Å². The van der Waals surface area contributed by atoms with Crippen LogP contribution < -0.4 is 0 Å². The van der Waals surface area contributed by atoms with Crippen LogP contribution in [0.1, 0.15) is 44.1 Å². The van der Waals surface area contributed by atoms with Gasteiger partial charge >= 0.3 is 0 Å². The van der Waals surface area contributed by atoms with Crippen LogP contribution in [0.5, 0.6) is 0 Å². The van der Waals surface area contributed by atoms with E-state index in [0.717, 1.165) is 44.1 Å². The maximum Gasteiger partial charge on any atom is 0.123 e. The van der Waals surface area contributed by atoms with Crippen LogP contribution in [0, 0.1) is 11.7 Å². The van der Waals surface area contributed by atoms with Crippen molar-refractivity contribution in [2.45, 2.75) is 44.6 Å². The van der Waals surface area contributed by atoms with E-state index >= 15 is 0 Å². The molecule has 26 heavy (non-hydrogen) atoms. The van der Waals surface area contributed by atoms with Crippen molar-refractivity contribution >= 4 is 6.08 Å². The number of halogens is 1. The van der Waals surface area contributed by atoms with Crippen LogP contribution in [0.3, 0.4) is 0 Å². The number of piperazine rings is 1. The van der Waals surface area contributed by atoms with Crippen LogP contribution in [-0.2, 0) is 0 Å². The molecule has 144 valence electrons. The third-order valence-electron chi connectivity index (χ3n) is 5.91. The van der Waals surface area contributed by atoms with Gasteiger partial charge in [-0.3, -0.25) is 9.80 Å². The van der Waals surface area contributed by atoms with E-state index in [-0.39, 0.29) is 12.4 Å². The summed E-state index contributed by atoms with van der Waals surface area (Å²) in [5.41, 5.74) is 1.04. The number of nitrogens with zero attached hydrogens (tertiary/aromatic N) is 2. The molecule has 1 heterocycles. The highest BCUT2D eigenvalue weighted by atomic mass is 19.1. The molecule has 0 bridgehead atoms. The molecule has 1 unspecified atom stereocenters. The summed E-state index contributed by atoms with van der Waals surface area (Å²) in [4.78, 5) is 5.10. The van der Waals surface area contributed by atoms with Gasteiger partial charge in [-0.15, -0.1) is 0 Å². The van der Waals surface area contributed by atoms with Crippen molar-refractivity contribution in [2.75, 3.05) is 39.3 Å². The summed E-state index contributed by atoms with van der Waals surface area (Å²) in [6.45, 7) is 5.61. The zero-order valence-corrected chi connectivity index (χ0v) is 15.8. The Morgan fingerprint density at radius 3 is 2.58 bits per heavy atom. The summed E-state index contributed by atoms with van der Waals surface area (Å²) < 4.78 is 13.0. The smallest absolute Gasteiger partial charge is 0.123 e. The maximum absolute atomic E-state index is 13.0. The van der Waals surface area contributed by atoms with Crippen molar-refractivity contribution < 1.29 is 9.50 Å². The summed E-state index contributed by atoms with van der Waals surface area (Å²) in [7, 11) is 0. The minimum atomic E-state index is -0.192. The number of hydrogen-bond acceptors (Lipinski definition) is 3. The molecule has 1 aliphatic heterocycles. The summed E-state index contributed by atoms with van der Waals surface area (Å²) in [6, 6.07) is 7.09. The van der Waals surface area contributed by atoms with Gasteiger partial charge in [-0.25, -0.2) is 4.39 Å². The van der Waals surface area contributed by atoms with Crippen molar-refractivity contribution in [1.82, 2.24) is 9.80 Å². The first-order chi connectivity index (χ1) is 12.7. The van der Waals surface area contributed by atoms with Gasteiger partial charge in [0.2, 0.25) is 0 Å². The van der Waals surface area contributed by atoms with Crippen LogP contribution in [0.25, 0.3) is 6.08 Å². The summed E-state index contributed by atoms with van der Waals surface area (Å²) >= 11 is 0. The lowest BCUT2D eigenvalue weighted by atomic mass is 9.88. The van der Waals surface area contributed by atoms with Gasteiger partial charge in [-0.05, 0) is 42.9 Å². The molecule has 1 saturated heterocycles. The maximum atomic E-state index is 13.0. The molecule has 1 aliphatic carbocycles. The van der Waals surface area contributed by atoms with Crippen LogP contribution in [-0.4, -0.2) is 60.3 Å². The second kappa shape index (κ2) is 10.2. The number of rotatable bonds is 7. The van der Waals surface area contributed by atoms with E-state index in [2.05, 4.69) is 22.0 Å². The Balaban J connectivity index is 1.49. The second-order valence-corrected chi connectivity index (χ2v) is 7.88. The fourth-order valence-corrected chi connectivity index (χ4v) is 4.40. The van der Waals surface area contributed by atoms with Crippen molar-refractivity contribution in [1.29, 1.82) is 0 Å². The van der Waals surface area contributed by atoms with E-state index in [4.69, 9.17) is 0 Å². The third-order valence-corrected chi connectivity index (χ3v) is 5.91. The molecule has 0 spiro atoms. The predicted molar refractivity (Wildman–Crippen MR) is 106 cm³/mol. The Kier molecular flexibility index (Phi) is 7.66. The molecule has 1 N–H and O–H groups in total. The molecule has 1 aromatic rings. The number of aliphatic hydroxyl groups is 1. The van der Waals surface area contributed by atoms with E-state index < -0.39 is 0 Å². The standard InChI is InChI=1S/C22H33FN2O/c23-21-10-8-19(9-11-21)7-4-13-24-14-15-25(22(18-24)12-16-26)17-20-5-2-1-3-6-20/h4,7-11,20,22,26H,1-3,5-6,12-18H2. The van der Waals surface area contributed by atoms with Crippen LogP contribution in [0.2, 0.25) is 0 Å². The van der Waals surface area contributed by atoms with E-state index in [1.165, 1.54) is 50.8 Å². The van der Waals surface area contributed by atoms with E-state index in [9.17, 15) is 9.50 Å². The fraction of sp³-hybridized carbons (Fsp3) is 0.636. The minimum Gasteiger partial charge on any atom is -0.396 e. The van der Waals surface area contributed by atoms with Crippen molar-refractivity contribution in [3.63, 3.8) is 0 Å². The first-order valence-corrected chi connectivity index (χ1v) is 10.2. The molecule has 0 aromatic heterocycles. The quantitative estimate of drug-likeness (QED) is 0.801. The molecule has 1 saturated carbocycles. The molecule has 1 atom stereocenters. The molecule has 0 radical (unpaired) electrons. The lowest BCUT2D eigenvalue weighted by molar-refractivity contribution is 0.0485. The predicted octanol–water partition coefficient (Wildman–Crippen LogP) is 3.79. The average Bonchev–Trinajstić information content (AvgIpc) is 2.66. The van der Waals surface area contributed by atoms with Crippen LogP contribution in [0.4, 0.5) is 4.39 Å². The van der Waals surface area contributed by atoms with Gasteiger partial charge in [0.1, 0.15) is 5.82 Å². The molecule has 2 aliphatic rings. The van der Waals surface area contributed by atoms with Gasteiger partial charge in [-0.1, -0.05) is 43.5 Å². The van der Waals surface area contributed by atoms with E-state index in [1.807, 2.05) is 12.1 Å². The first-order valence-electron chi connectivity index (χ1n) is 10.2. The van der Waals surface area contributed by atoms with Crippen LogP contribution >= 0.6 is 0 Å². The highest BCUT2D eigenvalue weighted by molar-refractivity contribution is 5.48. The lowest BCUT2D eigenvalue weighted by Gasteiger charge is -2.43. The van der Waals surface area contributed by atoms with Crippen molar-refractivity contribution in [3.05, 3.63) is 41.7 Å². The van der Waals surface area contributed by atoms with Crippen LogP contribution in [0.15, 0.2) is 30.3 Å². The Morgan fingerprint density at radius 1 is 1.08 bits per heavy atom. The van der Waals surface area contributed by atoms with Crippen molar-refractivity contribution in [2.24, 2.45) is 5.92 Å². The lowest BCUT2D eigenvalue weighted by Crippen LogP contribution is -2.54. The van der Waals surface area contributed by atoms with E-state index in [1.54, 1.807) is 0 Å². The average molecular weight is 361 g/mol. The third kappa shape index (κ3) is 5.90. The topological polar surface area (TPSA) is 26.7 Å². The molecule has 4 heteroatoms. The van der Waals surface area contributed by atoms with Gasteiger partial charge in [0.15, 0.2) is 0 Å².